The molecule has 3 aliphatic rings. The number of amides is 2. The van der Waals surface area contributed by atoms with Crippen LogP contribution in [0.5, 0.6) is 0 Å². The van der Waals surface area contributed by atoms with Crippen LogP contribution in [0.1, 0.15) is 33.6 Å². The van der Waals surface area contributed by atoms with Crippen molar-refractivity contribution in [1.29, 1.82) is 0 Å². The summed E-state index contributed by atoms with van der Waals surface area (Å²) in [5.41, 5.74) is -0.634. The van der Waals surface area contributed by atoms with E-state index in [-0.39, 0.29) is 23.3 Å². The van der Waals surface area contributed by atoms with Crippen LogP contribution >= 0.6 is 0 Å². The van der Waals surface area contributed by atoms with Crippen molar-refractivity contribution in [3.63, 3.8) is 0 Å². The Hall–Kier alpha value is -1.31. The molecule has 130 valence electrons. The number of fused-ring (bicyclic) bond motifs is 1. The summed E-state index contributed by atoms with van der Waals surface area (Å²) >= 11 is 0. The molecule has 0 aromatic heterocycles. The normalized spacial score (nSPS) is 30.0. The van der Waals surface area contributed by atoms with Crippen LogP contribution in [-0.4, -0.2) is 72.5 Å². The van der Waals surface area contributed by atoms with Crippen LogP contribution in [0.25, 0.3) is 0 Å². The number of hydrogen-bond acceptors (Lipinski definition) is 5. The minimum absolute atomic E-state index is 0.0425. The maximum absolute atomic E-state index is 12.4. The van der Waals surface area contributed by atoms with Gasteiger partial charge in [0.05, 0.1) is 23.6 Å². The molecule has 2 atom stereocenters. The molecule has 0 spiro atoms. The second-order valence-corrected chi connectivity index (χ2v) is 9.85. The van der Waals surface area contributed by atoms with E-state index >= 15 is 0 Å². The van der Waals surface area contributed by atoms with Gasteiger partial charge in [-0.25, -0.2) is 13.2 Å². The number of ether oxygens (including phenoxy) is 1. The Morgan fingerprint density at radius 1 is 1.00 bits per heavy atom. The van der Waals surface area contributed by atoms with Gasteiger partial charge in [0.1, 0.15) is 5.60 Å². The lowest BCUT2D eigenvalue weighted by atomic mass is 10.0. The zero-order valence-corrected chi connectivity index (χ0v) is 14.6. The molecule has 8 heteroatoms. The number of hydrogen-bond donors (Lipinski definition) is 0. The van der Waals surface area contributed by atoms with E-state index in [0.717, 1.165) is 12.8 Å². The maximum Gasteiger partial charge on any atom is 0.410 e. The van der Waals surface area contributed by atoms with Crippen molar-refractivity contribution >= 4 is 21.8 Å². The van der Waals surface area contributed by atoms with Crippen molar-refractivity contribution in [2.45, 2.75) is 51.3 Å². The minimum Gasteiger partial charge on any atom is -0.444 e. The fourth-order valence-electron chi connectivity index (χ4n) is 3.34. The predicted molar refractivity (Wildman–Crippen MR) is 83.6 cm³/mol. The van der Waals surface area contributed by atoms with Crippen molar-refractivity contribution in [3.8, 4) is 0 Å². The van der Waals surface area contributed by atoms with E-state index in [1.165, 1.54) is 4.90 Å². The summed E-state index contributed by atoms with van der Waals surface area (Å²) in [4.78, 5) is 28.0. The molecule has 0 aromatic rings. The molecule has 1 saturated carbocycles. The second kappa shape index (κ2) is 5.36. The lowest BCUT2D eigenvalue weighted by molar-refractivity contribution is -0.138. The van der Waals surface area contributed by atoms with E-state index in [9.17, 15) is 18.0 Å². The summed E-state index contributed by atoms with van der Waals surface area (Å²) in [5.74, 6) is -0.0613. The van der Waals surface area contributed by atoms with Gasteiger partial charge in [0, 0.05) is 19.0 Å². The first-order chi connectivity index (χ1) is 10.6. The molecule has 2 amide bonds. The van der Waals surface area contributed by atoms with Gasteiger partial charge in [0.2, 0.25) is 5.91 Å². The van der Waals surface area contributed by atoms with E-state index < -0.39 is 33.6 Å². The minimum atomic E-state index is -3.25. The third-order valence-electron chi connectivity index (χ3n) is 4.51. The average molecular weight is 344 g/mol. The molecule has 0 N–H and O–H groups in total. The van der Waals surface area contributed by atoms with Crippen molar-refractivity contribution in [3.05, 3.63) is 0 Å². The third-order valence-corrected chi connectivity index (χ3v) is 6.21. The first-order valence-corrected chi connectivity index (χ1v) is 9.90. The summed E-state index contributed by atoms with van der Waals surface area (Å²) in [6, 6.07) is -0.930. The third kappa shape index (κ3) is 3.46. The van der Waals surface area contributed by atoms with Gasteiger partial charge in [-0.2, -0.15) is 0 Å². The summed E-state index contributed by atoms with van der Waals surface area (Å²) in [6.07, 6.45) is 1.27. The summed E-state index contributed by atoms with van der Waals surface area (Å²) in [5, 5.41) is 0. The van der Waals surface area contributed by atoms with Crippen molar-refractivity contribution in [2.75, 3.05) is 24.6 Å². The highest BCUT2D eigenvalue weighted by Gasteiger charge is 2.51. The number of piperazine rings is 1. The molecule has 0 aromatic carbocycles. The van der Waals surface area contributed by atoms with E-state index in [0.29, 0.717) is 13.1 Å². The Labute approximate surface area is 136 Å². The summed E-state index contributed by atoms with van der Waals surface area (Å²) in [6.45, 7) is 6.04. The smallest absolute Gasteiger partial charge is 0.410 e. The molecule has 1 aliphatic carbocycles. The van der Waals surface area contributed by atoms with E-state index in [1.54, 1.807) is 25.7 Å². The Morgan fingerprint density at radius 2 is 1.52 bits per heavy atom. The molecule has 23 heavy (non-hydrogen) atoms. The largest absolute Gasteiger partial charge is 0.444 e. The number of sulfone groups is 1. The van der Waals surface area contributed by atoms with Gasteiger partial charge in [-0.05, 0) is 33.6 Å². The van der Waals surface area contributed by atoms with Crippen LogP contribution in [0.15, 0.2) is 0 Å². The Morgan fingerprint density at radius 3 is 2.04 bits per heavy atom. The molecule has 0 radical (unpaired) electrons. The number of carbonyl (C=O) groups is 2. The fourth-order valence-corrected chi connectivity index (χ4v) is 5.32. The van der Waals surface area contributed by atoms with Gasteiger partial charge in [0.15, 0.2) is 9.84 Å². The quantitative estimate of drug-likeness (QED) is 0.697. The molecular formula is C15H24N2O5S. The van der Waals surface area contributed by atoms with E-state index in [2.05, 4.69) is 0 Å². The average Bonchev–Trinajstić information content (AvgIpc) is 3.17. The molecule has 0 bridgehead atoms. The van der Waals surface area contributed by atoms with E-state index in [1.807, 2.05) is 0 Å². The second-order valence-electron chi connectivity index (χ2n) is 7.69. The Balaban J connectivity index is 1.81. The van der Waals surface area contributed by atoms with Crippen LogP contribution in [-0.2, 0) is 19.4 Å². The Bertz CT molecular complexity index is 620. The van der Waals surface area contributed by atoms with Crippen molar-refractivity contribution in [2.24, 2.45) is 5.92 Å². The van der Waals surface area contributed by atoms with Crippen LogP contribution in [0.2, 0.25) is 0 Å². The Kier molecular flexibility index (Phi) is 3.85. The monoisotopic (exact) mass is 344 g/mol. The predicted octanol–water partition coefficient (Wildman–Crippen LogP) is 0.641. The molecule has 2 heterocycles. The van der Waals surface area contributed by atoms with Crippen molar-refractivity contribution < 1.29 is 22.7 Å². The molecular weight excluding hydrogens is 320 g/mol. The molecule has 2 saturated heterocycles. The lowest BCUT2D eigenvalue weighted by Gasteiger charge is -2.44. The van der Waals surface area contributed by atoms with Gasteiger partial charge in [0.25, 0.3) is 0 Å². The number of rotatable bonds is 1. The van der Waals surface area contributed by atoms with Gasteiger partial charge >= 0.3 is 6.09 Å². The van der Waals surface area contributed by atoms with Gasteiger partial charge < -0.3 is 14.5 Å². The number of nitrogens with zero attached hydrogens (tertiary/aromatic N) is 2. The highest BCUT2D eigenvalue weighted by atomic mass is 32.2. The standard InChI is InChI=1S/C15H24N2O5S/c1-15(2,3)22-14(19)17-7-6-16(13(18)10-4-5-10)11-8-23(20,21)9-12(11)17/h10-12H,4-9H2,1-3H3/t11-,12-/m0/s1. The van der Waals surface area contributed by atoms with Crippen LogP contribution in [0.3, 0.4) is 0 Å². The topological polar surface area (TPSA) is 84.0 Å². The summed E-state index contributed by atoms with van der Waals surface area (Å²) in [7, 11) is -3.25. The molecule has 0 unspecified atom stereocenters. The molecule has 7 nitrogen and oxygen atoms in total. The first kappa shape index (κ1) is 16.5. The maximum atomic E-state index is 12.4. The number of carbonyl (C=O) groups excluding carboxylic acids is 2. The zero-order chi connectivity index (χ0) is 17.0. The van der Waals surface area contributed by atoms with Crippen molar-refractivity contribution in [1.82, 2.24) is 9.80 Å². The first-order valence-electron chi connectivity index (χ1n) is 8.08. The highest BCUT2D eigenvalue weighted by molar-refractivity contribution is 7.91. The fraction of sp³-hybridized carbons (Fsp3) is 0.867. The highest BCUT2D eigenvalue weighted by Crippen LogP contribution is 2.35. The van der Waals surface area contributed by atoms with Gasteiger partial charge in [-0.3, -0.25) is 4.79 Å². The summed E-state index contributed by atoms with van der Waals surface area (Å²) < 4.78 is 29.6. The molecule has 3 rings (SSSR count). The van der Waals surface area contributed by atoms with E-state index in [4.69, 9.17) is 4.74 Å². The van der Waals surface area contributed by atoms with Gasteiger partial charge in [-0.1, -0.05) is 0 Å². The molecule has 3 fully saturated rings. The van der Waals surface area contributed by atoms with Crippen LogP contribution in [0, 0.1) is 5.92 Å². The van der Waals surface area contributed by atoms with Crippen LogP contribution < -0.4 is 0 Å². The van der Waals surface area contributed by atoms with Gasteiger partial charge in [-0.15, -0.1) is 0 Å². The lowest BCUT2D eigenvalue weighted by Crippen LogP contribution is -2.62. The van der Waals surface area contributed by atoms with Crippen LogP contribution in [0.4, 0.5) is 4.79 Å². The SMILES string of the molecule is CC(C)(C)OC(=O)N1CCN(C(=O)C2CC2)[C@H]2CS(=O)(=O)C[C@@H]21. The zero-order valence-electron chi connectivity index (χ0n) is 13.8. The molecule has 2 aliphatic heterocycles.